The van der Waals surface area contributed by atoms with E-state index in [4.69, 9.17) is 4.74 Å². The third-order valence-electron chi connectivity index (χ3n) is 3.41. The van der Waals surface area contributed by atoms with Gasteiger partial charge in [-0.3, -0.25) is 0 Å². The highest BCUT2D eigenvalue weighted by Crippen LogP contribution is 2.27. The van der Waals surface area contributed by atoms with Crippen LogP contribution in [0.25, 0.3) is 0 Å². The predicted octanol–water partition coefficient (Wildman–Crippen LogP) is 4.96. The van der Waals surface area contributed by atoms with Crippen molar-refractivity contribution >= 4 is 12.6 Å². The van der Waals surface area contributed by atoms with E-state index < -0.39 is 0 Å². The lowest BCUT2D eigenvalue weighted by molar-refractivity contribution is 0.0640. The van der Waals surface area contributed by atoms with Crippen LogP contribution in [0, 0.1) is 11.3 Å². The number of ether oxygens (including phenoxy) is 1. The minimum absolute atomic E-state index is 0.308. The minimum Gasteiger partial charge on any atom is -0.381 e. The van der Waals surface area contributed by atoms with Gasteiger partial charge in [-0.05, 0) is 23.5 Å². The third-order valence-corrected chi connectivity index (χ3v) is 3.85. The van der Waals surface area contributed by atoms with Crippen molar-refractivity contribution in [3.05, 3.63) is 0 Å². The van der Waals surface area contributed by atoms with E-state index in [0.717, 1.165) is 19.0 Å². The van der Waals surface area contributed by atoms with Crippen LogP contribution in [0.4, 0.5) is 0 Å². The van der Waals surface area contributed by atoms with Gasteiger partial charge in [0.2, 0.25) is 0 Å². The summed E-state index contributed by atoms with van der Waals surface area (Å²) >= 11 is 4.41. The van der Waals surface area contributed by atoms with Gasteiger partial charge in [0, 0.05) is 6.61 Å². The van der Waals surface area contributed by atoms with Crippen molar-refractivity contribution in [3.8, 4) is 0 Å². The molecule has 0 aliphatic heterocycles. The Balaban J connectivity index is 3.38. The first-order valence-electron chi connectivity index (χ1n) is 7.21. The van der Waals surface area contributed by atoms with Crippen molar-refractivity contribution in [2.75, 3.05) is 19.0 Å². The molecule has 0 radical (unpaired) electrons. The summed E-state index contributed by atoms with van der Waals surface area (Å²) in [6.45, 7) is 10.8. The minimum atomic E-state index is 0.308. The van der Waals surface area contributed by atoms with E-state index in [-0.39, 0.29) is 0 Å². The molecule has 1 unspecified atom stereocenters. The quantitative estimate of drug-likeness (QED) is 0.431. The molecule has 0 bridgehead atoms. The van der Waals surface area contributed by atoms with Gasteiger partial charge < -0.3 is 4.74 Å². The van der Waals surface area contributed by atoms with Crippen molar-refractivity contribution in [2.24, 2.45) is 11.3 Å². The number of rotatable bonds is 10. The average Bonchev–Trinajstić information content (AvgIpc) is 2.25. The standard InChI is InChI=1S/C15H32OS/c1-5-6-7-8-9-10-11-16-12-14(13-17)15(2,3)4/h14,17H,5-13H2,1-4H3. The van der Waals surface area contributed by atoms with E-state index in [1.165, 1.54) is 38.5 Å². The molecule has 2 heteroatoms. The Hall–Kier alpha value is 0.310. The van der Waals surface area contributed by atoms with Crippen LogP contribution in [-0.2, 0) is 4.74 Å². The highest BCUT2D eigenvalue weighted by molar-refractivity contribution is 7.80. The van der Waals surface area contributed by atoms with E-state index in [2.05, 4.69) is 40.3 Å². The van der Waals surface area contributed by atoms with E-state index >= 15 is 0 Å². The zero-order valence-electron chi connectivity index (χ0n) is 12.3. The van der Waals surface area contributed by atoms with Crippen LogP contribution in [-0.4, -0.2) is 19.0 Å². The lowest BCUT2D eigenvalue weighted by atomic mass is 9.82. The second-order valence-corrected chi connectivity index (χ2v) is 6.45. The maximum Gasteiger partial charge on any atom is 0.0507 e. The molecule has 0 spiro atoms. The highest BCUT2D eigenvalue weighted by Gasteiger charge is 2.23. The summed E-state index contributed by atoms with van der Waals surface area (Å²) in [4.78, 5) is 0. The van der Waals surface area contributed by atoms with E-state index in [1.807, 2.05) is 0 Å². The number of unbranched alkanes of at least 4 members (excludes halogenated alkanes) is 5. The Morgan fingerprint density at radius 3 is 2.12 bits per heavy atom. The summed E-state index contributed by atoms with van der Waals surface area (Å²) in [6, 6.07) is 0. The average molecular weight is 260 g/mol. The molecular formula is C15H32OS. The predicted molar refractivity (Wildman–Crippen MR) is 81.0 cm³/mol. The SMILES string of the molecule is CCCCCCCCOCC(CS)C(C)(C)C. The van der Waals surface area contributed by atoms with E-state index in [0.29, 0.717) is 11.3 Å². The lowest BCUT2D eigenvalue weighted by Gasteiger charge is -2.29. The van der Waals surface area contributed by atoms with Gasteiger partial charge in [0.1, 0.15) is 0 Å². The van der Waals surface area contributed by atoms with E-state index in [1.54, 1.807) is 0 Å². The Bertz CT molecular complexity index is 163. The van der Waals surface area contributed by atoms with Crippen LogP contribution in [0.1, 0.15) is 66.2 Å². The van der Waals surface area contributed by atoms with Gasteiger partial charge in [-0.25, -0.2) is 0 Å². The Morgan fingerprint density at radius 2 is 1.59 bits per heavy atom. The van der Waals surface area contributed by atoms with Crippen LogP contribution in [0.15, 0.2) is 0 Å². The number of hydrogen-bond donors (Lipinski definition) is 1. The van der Waals surface area contributed by atoms with Gasteiger partial charge in [0.05, 0.1) is 6.61 Å². The number of hydrogen-bond acceptors (Lipinski definition) is 2. The topological polar surface area (TPSA) is 9.23 Å². The van der Waals surface area contributed by atoms with Crippen LogP contribution < -0.4 is 0 Å². The molecule has 0 saturated heterocycles. The van der Waals surface area contributed by atoms with Crippen LogP contribution in [0.2, 0.25) is 0 Å². The van der Waals surface area contributed by atoms with Crippen molar-refractivity contribution in [2.45, 2.75) is 66.2 Å². The molecule has 0 aromatic heterocycles. The summed E-state index contributed by atoms with van der Waals surface area (Å²) in [5, 5.41) is 0. The third kappa shape index (κ3) is 9.96. The molecule has 17 heavy (non-hydrogen) atoms. The fourth-order valence-corrected chi connectivity index (χ4v) is 2.44. The van der Waals surface area contributed by atoms with Gasteiger partial charge in [-0.1, -0.05) is 59.8 Å². The monoisotopic (exact) mass is 260 g/mol. The van der Waals surface area contributed by atoms with Gasteiger partial charge in [0.25, 0.3) is 0 Å². The Kier molecular flexibility index (Phi) is 10.4. The first kappa shape index (κ1) is 17.3. The highest BCUT2D eigenvalue weighted by atomic mass is 32.1. The summed E-state index contributed by atoms with van der Waals surface area (Å²) in [6.07, 6.45) is 8.00. The summed E-state index contributed by atoms with van der Waals surface area (Å²) in [7, 11) is 0. The molecule has 1 atom stereocenters. The molecule has 0 N–H and O–H groups in total. The molecule has 104 valence electrons. The Morgan fingerprint density at radius 1 is 1.00 bits per heavy atom. The maximum atomic E-state index is 5.77. The van der Waals surface area contributed by atoms with Gasteiger partial charge in [-0.2, -0.15) is 12.6 Å². The molecule has 0 aromatic carbocycles. The summed E-state index contributed by atoms with van der Waals surface area (Å²) < 4.78 is 5.77. The van der Waals surface area contributed by atoms with Crippen molar-refractivity contribution < 1.29 is 4.74 Å². The van der Waals surface area contributed by atoms with Gasteiger partial charge >= 0.3 is 0 Å². The molecule has 0 fully saturated rings. The molecule has 0 saturated carbocycles. The molecule has 1 nitrogen and oxygen atoms in total. The smallest absolute Gasteiger partial charge is 0.0507 e. The maximum absolute atomic E-state index is 5.77. The van der Waals surface area contributed by atoms with Crippen LogP contribution in [0.5, 0.6) is 0 Å². The molecule has 0 rings (SSSR count). The first-order valence-corrected chi connectivity index (χ1v) is 7.84. The second kappa shape index (κ2) is 10.3. The Labute approximate surface area is 114 Å². The fraction of sp³-hybridized carbons (Fsp3) is 1.00. The molecule has 0 aliphatic rings. The summed E-state index contributed by atoms with van der Waals surface area (Å²) in [5.41, 5.74) is 0.308. The second-order valence-electron chi connectivity index (χ2n) is 6.09. The number of thiol groups is 1. The van der Waals surface area contributed by atoms with E-state index in [9.17, 15) is 0 Å². The first-order chi connectivity index (χ1) is 8.02. The van der Waals surface area contributed by atoms with Crippen LogP contribution in [0.3, 0.4) is 0 Å². The molecular weight excluding hydrogens is 228 g/mol. The van der Waals surface area contributed by atoms with Gasteiger partial charge in [0.15, 0.2) is 0 Å². The molecule has 0 heterocycles. The van der Waals surface area contributed by atoms with Crippen molar-refractivity contribution in [1.82, 2.24) is 0 Å². The van der Waals surface area contributed by atoms with Crippen molar-refractivity contribution in [3.63, 3.8) is 0 Å². The van der Waals surface area contributed by atoms with Crippen LogP contribution >= 0.6 is 12.6 Å². The normalized spacial score (nSPS) is 13.9. The molecule has 0 amide bonds. The zero-order valence-corrected chi connectivity index (χ0v) is 13.2. The largest absolute Gasteiger partial charge is 0.381 e. The van der Waals surface area contributed by atoms with Crippen molar-refractivity contribution in [1.29, 1.82) is 0 Å². The zero-order chi connectivity index (χ0) is 13.1. The molecule has 0 aromatic rings. The lowest BCUT2D eigenvalue weighted by Crippen LogP contribution is -2.27. The van der Waals surface area contributed by atoms with Gasteiger partial charge in [-0.15, -0.1) is 0 Å². The fourth-order valence-electron chi connectivity index (χ4n) is 1.79. The summed E-state index contributed by atoms with van der Waals surface area (Å²) in [5.74, 6) is 1.48. The molecule has 0 aliphatic carbocycles.